The number of fused-ring (bicyclic) bond motifs is 3. The second-order valence-corrected chi connectivity index (χ2v) is 9.02. The zero-order valence-electron chi connectivity index (χ0n) is 20.1. The van der Waals surface area contributed by atoms with Crippen LogP contribution in [0.5, 0.6) is 0 Å². The molecule has 0 saturated heterocycles. The molecule has 0 radical (unpaired) electrons. The Morgan fingerprint density at radius 2 is 1.69 bits per heavy atom. The molecule has 0 aliphatic heterocycles. The van der Waals surface area contributed by atoms with Gasteiger partial charge in [0.25, 0.3) is 11.6 Å². The van der Waals surface area contributed by atoms with Gasteiger partial charge in [0, 0.05) is 34.3 Å². The maximum Gasteiger partial charge on any atom is 0.293 e. The molecule has 0 atom stereocenters. The van der Waals surface area contributed by atoms with E-state index in [1.807, 2.05) is 54.6 Å². The fourth-order valence-corrected chi connectivity index (χ4v) is 4.44. The molecule has 9 nitrogen and oxygen atoms in total. The van der Waals surface area contributed by atoms with E-state index in [1.54, 1.807) is 24.3 Å². The molecule has 6 aromatic rings. The number of nitrogens with zero attached hydrogens (tertiary/aromatic N) is 2. The van der Waals surface area contributed by atoms with Gasteiger partial charge in [-0.3, -0.25) is 20.2 Å². The molecular weight excluding hydrogens is 516 g/mol. The number of hydrogen-bond donors (Lipinski definition) is 2. The fraction of sp³-hybridized carbons (Fsp3) is 0. The molecule has 0 aliphatic carbocycles. The molecule has 0 spiro atoms. The van der Waals surface area contributed by atoms with Crippen LogP contribution in [-0.4, -0.2) is 20.9 Å². The molecule has 10 heteroatoms. The summed E-state index contributed by atoms with van der Waals surface area (Å²) in [6.07, 6.45) is 0. The van der Waals surface area contributed by atoms with Crippen molar-refractivity contribution in [3.8, 4) is 22.8 Å². The maximum atomic E-state index is 12.7. The standard InChI is InChI=1S/C29H18N4O5S/c34-27(25-14-13-23(37-25)18-6-4-9-21(16-18)33(35)36)32-29(39)30-20-8-3-7-19(15-20)28-31-26-22-10-2-1-5-17(22)11-12-24(26)38-28/h1-16H,(H2,30,32,34,39). The number of rotatable bonds is 5. The van der Waals surface area contributed by atoms with E-state index in [1.165, 1.54) is 18.2 Å². The van der Waals surface area contributed by atoms with E-state index in [9.17, 15) is 14.9 Å². The van der Waals surface area contributed by atoms with Gasteiger partial charge in [-0.1, -0.05) is 48.5 Å². The number of aromatic nitrogens is 1. The number of nitro benzene ring substituents is 1. The average molecular weight is 535 g/mol. The van der Waals surface area contributed by atoms with Crippen LogP contribution < -0.4 is 10.6 Å². The van der Waals surface area contributed by atoms with Gasteiger partial charge in [0.15, 0.2) is 16.5 Å². The first kappa shape index (κ1) is 24.0. The SMILES string of the molecule is O=C(NC(=S)Nc1cccc(-c2nc3c(ccc4ccccc43)o2)c1)c1ccc(-c2cccc([N+](=O)[O-])c2)o1. The van der Waals surface area contributed by atoms with Crippen LogP contribution in [0.3, 0.4) is 0 Å². The highest BCUT2D eigenvalue weighted by Crippen LogP contribution is 2.31. The number of carbonyl (C=O) groups excluding carboxylic acids is 1. The largest absolute Gasteiger partial charge is 0.451 e. The van der Waals surface area contributed by atoms with Crippen molar-refractivity contribution in [3.05, 3.63) is 113 Å². The summed E-state index contributed by atoms with van der Waals surface area (Å²) in [5.41, 5.74) is 3.24. The molecule has 2 N–H and O–H groups in total. The predicted molar refractivity (Wildman–Crippen MR) is 151 cm³/mol. The molecule has 4 aromatic carbocycles. The maximum absolute atomic E-state index is 12.7. The molecule has 2 heterocycles. The van der Waals surface area contributed by atoms with E-state index in [2.05, 4.69) is 10.6 Å². The number of benzene rings is 4. The third-order valence-corrected chi connectivity index (χ3v) is 6.25. The Morgan fingerprint density at radius 3 is 2.56 bits per heavy atom. The van der Waals surface area contributed by atoms with Crippen molar-refractivity contribution in [2.45, 2.75) is 0 Å². The molecule has 1 amide bonds. The van der Waals surface area contributed by atoms with E-state index >= 15 is 0 Å². The Labute approximate surface area is 226 Å². The van der Waals surface area contributed by atoms with Gasteiger partial charge in [-0.2, -0.15) is 0 Å². The normalized spacial score (nSPS) is 11.0. The van der Waals surface area contributed by atoms with Gasteiger partial charge in [-0.25, -0.2) is 4.98 Å². The molecule has 0 bridgehead atoms. The highest BCUT2D eigenvalue weighted by atomic mass is 32.1. The Morgan fingerprint density at radius 1 is 0.872 bits per heavy atom. The number of nitrogens with one attached hydrogen (secondary N) is 2. The van der Waals surface area contributed by atoms with E-state index in [-0.39, 0.29) is 16.6 Å². The van der Waals surface area contributed by atoms with Crippen molar-refractivity contribution in [2.24, 2.45) is 0 Å². The third kappa shape index (κ3) is 4.83. The number of oxazole rings is 1. The van der Waals surface area contributed by atoms with Crippen LogP contribution >= 0.6 is 12.2 Å². The summed E-state index contributed by atoms with van der Waals surface area (Å²) in [6.45, 7) is 0. The minimum absolute atomic E-state index is 0.00751. The van der Waals surface area contributed by atoms with Crippen LogP contribution in [0.1, 0.15) is 10.6 Å². The highest BCUT2D eigenvalue weighted by molar-refractivity contribution is 7.80. The topological polar surface area (TPSA) is 123 Å². The number of furan rings is 1. The van der Waals surface area contributed by atoms with Crippen molar-refractivity contribution >= 4 is 56.5 Å². The molecule has 2 aromatic heterocycles. The summed E-state index contributed by atoms with van der Waals surface area (Å²) in [5, 5.41) is 18.8. The van der Waals surface area contributed by atoms with Crippen LogP contribution in [-0.2, 0) is 0 Å². The van der Waals surface area contributed by atoms with Crippen molar-refractivity contribution in [3.63, 3.8) is 0 Å². The second-order valence-electron chi connectivity index (χ2n) is 8.61. The monoisotopic (exact) mass is 534 g/mol. The van der Waals surface area contributed by atoms with E-state index in [4.69, 9.17) is 26.0 Å². The predicted octanol–water partition coefficient (Wildman–Crippen LogP) is 6.94. The Hall–Kier alpha value is -5.35. The fourth-order valence-electron chi connectivity index (χ4n) is 4.23. The number of carbonyl (C=O) groups is 1. The molecule has 6 rings (SSSR count). The molecule has 0 fully saturated rings. The van der Waals surface area contributed by atoms with Gasteiger partial charge >= 0.3 is 0 Å². The van der Waals surface area contributed by atoms with E-state index in [0.29, 0.717) is 28.5 Å². The quantitative estimate of drug-likeness (QED) is 0.138. The summed E-state index contributed by atoms with van der Waals surface area (Å²) in [7, 11) is 0. The minimum Gasteiger partial charge on any atom is -0.451 e. The van der Waals surface area contributed by atoms with Gasteiger partial charge in [-0.05, 0) is 54.0 Å². The Kier molecular flexibility index (Phi) is 6.06. The lowest BCUT2D eigenvalue weighted by Crippen LogP contribution is -2.33. The van der Waals surface area contributed by atoms with Crippen molar-refractivity contribution < 1.29 is 18.6 Å². The number of thiocarbonyl (C=S) groups is 1. The minimum atomic E-state index is -0.564. The molecule has 0 unspecified atom stereocenters. The zero-order valence-corrected chi connectivity index (χ0v) is 20.9. The van der Waals surface area contributed by atoms with Crippen LogP contribution in [0, 0.1) is 10.1 Å². The number of anilines is 1. The smallest absolute Gasteiger partial charge is 0.293 e. The van der Waals surface area contributed by atoms with Crippen LogP contribution in [0.4, 0.5) is 11.4 Å². The van der Waals surface area contributed by atoms with E-state index in [0.717, 1.165) is 21.9 Å². The number of hydrogen-bond acceptors (Lipinski definition) is 7. The van der Waals surface area contributed by atoms with Gasteiger partial charge in [0.1, 0.15) is 11.3 Å². The lowest BCUT2D eigenvalue weighted by atomic mass is 10.1. The van der Waals surface area contributed by atoms with E-state index < -0.39 is 10.8 Å². The Balaban J connectivity index is 1.16. The number of amides is 1. The van der Waals surface area contributed by atoms with Crippen LogP contribution in [0.2, 0.25) is 0 Å². The summed E-state index contributed by atoms with van der Waals surface area (Å²) >= 11 is 5.32. The number of nitro groups is 1. The van der Waals surface area contributed by atoms with Crippen molar-refractivity contribution in [2.75, 3.05) is 5.32 Å². The first-order chi connectivity index (χ1) is 18.9. The first-order valence-electron chi connectivity index (χ1n) is 11.8. The summed E-state index contributed by atoms with van der Waals surface area (Å²) < 4.78 is 11.6. The first-order valence-corrected chi connectivity index (χ1v) is 12.2. The van der Waals surface area contributed by atoms with Gasteiger partial charge in [-0.15, -0.1) is 0 Å². The second kappa shape index (κ2) is 9.84. The summed E-state index contributed by atoms with van der Waals surface area (Å²) in [6, 6.07) is 28.2. The zero-order chi connectivity index (χ0) is 26.9. The Bertz CT molecular complexity index is 1910. The highest BCUT2D eigenvalue weighted by Gasteiger charge is 2.16. The third-order valence-electron chi connectivity index (χ3n) is 6.05. The molecule has 0 saturated carbocycles. The van der Waals surface area contributed by atoms with Crippen molar-refractivity contribution in [1.82, 2.24) is 10.3 Å². The van der Waals surface area contributed by atoms with Crippen LogP contribution in [0.15, 0.2) is 106 Å². The summed E-state index contributed by atoms with van der Waals surface area (Å²) in [4.78, 5) is 28.0. The lowest BCUT2D eigenvalue weighted by Gasteiger charge is -2.09. The summed E-state index contributed by atoms with van der Waals surface area (Å²) in [5.74, 6) is 0.227. The molecular formula is C29H18N4O5S. The van der Waals surface area contributed by atoms with Crippen molar-refractivity contribution in [1.29, 1.82) is 0 Å². The lowest BCUT2D eigenvalue weighted by molar-refractivity contribution is -0.384. The molecule has 190 valence electrons. The van der Waals surface area contributed by atoms with Gasteiger partial charge < -0.3 is 14.2 Å². The van der Waals surface area contributed by atoms with Gasteiger partial charge in [0.2, 0.25) is 5.89 Å². The average Bonchev–Trinajstić information content (AvgIpc) is 3.62. The molecule has 39 heavy (non-hydrogen) atoms. The van der Waals surface area contributed by atoms with Gasteiger partial charge in [0.05, 0.1) is 4.92 Å². The van der Waals surface area contributed by atoms with Crippen LogP contribution in [0.25, 0.3) is 44.7 Å². The molecule has 0 aliphatic rings. The number of non-ortho nitro benzene ring substituents is 1.